The molecular weight excluding hydrogens is 976 g/mol. The van der Waals surface area contributed by atoms with Gasteiger partial charge in [-0.2, -0.15) is 0 Å². The quantitative estimate of drug-likeness (QED) is 0.144. The molecule has 0 fully saturated rings. The summed E-state index contributed by atoms with van der Waals surface area (Å²) in [6, 6.07) is 98.2. The van der Waals surface area contributed by atoms with E-state index in [1.807, 2.05) is 12.1 Å². The maximum atomic E-state index is 6.69. The topological polar surface area (TPSA) is 9.86 Å². The number of rotatable bonds is 8. The second-order valence-corrected chi connectivity index (χ2v) is 22.2. The summed E-state index contributed by atoms with van der Waals surface area (Å²) in [5.41, 5.74) is 27.5. The highest BCUT2D eigenvalue weighted by atomic mass is 35.5. The van der Waals surface area contributed by atoms with Crippen molar-refractivity contribution in [2.45, 2.75) is 26.2 Å². The van der Waals surface area contributed by atoms with Crippen molar-refractivity contribution in [3.8, 4) is 89.3 Å². The van der Waals surface area contributed by atoms with Crippen LogP contribution in [-0.4, -0.2) is 9.13 Å². The van der Waals surface area contributed by atoms with Gasteiger partial charge in [0.1, 0.15) is 0 Å². The van der Waals surface area contributed by atoms with E-state index in [0.717, 1.165) is 28.1 Å². The molecule has 0 aliphatic heterocycles. The Morgan fingerprint density at radius 2 is 0.696 bits per heavy atom. The van der Waals surface area contributed by atoms with E-state index in [0.29, 0.717) is 5.02 Å². The van der Waals surface area contributed by atoms with Crippen LogP contribution in [0.3, 0.4) is 0 Å². The number of hydrogen-bond acceptors (Lipinski definition) is 0. The highest BCUT2D eigenvalue weighted by Crippen LogP contribution is 2.54. The number of nitrogens with zero attached hydrogens (tertiary/aromatic N) is 2. The van der Waals surface area contributed by atoms with Crippen LogP contribution >= 0.6 is 11.6 Å². The van der Waals surface area contributed by atoms with Crippen LogP contribution in [0.5, 0.6) is 0 Å². The molecule has 1 aliphatic carbocycles. The van der Waals surface area contributed by atoms with Gasteiger partial charge in [-0.05, 0) is 180 Å². The minimum Gasteiger partial charge on any atom is -0.309 e. The van der Waals surface area contributed by atoms with Gasteiger partial charge in [-0.15, -0.1) is 0 Å². The van der Waals surface area contributed by atoms with E-state index in [-0.39, 0.29) is 5.41 Å². The van der Waals surface area contributed by atoms with Gasteiger partial charge in [0.25, 0.3) is 0 Å². The van der Waals surface area contributed by atoms with E-state index in [1.54, 1.807) is 0 Å². The number of aromatic nitrogens is 2. The summed E-state index contributed by atoms with van der Waals surface area (Å²) in [7, 11) is 0. The average Bonchev–Trinajstić information content (AvgIpc) is 4.32. The van der Waals surface area contributed by atoms with Gasteiger partial charge in [0, 0.05) is 43.4 Å². The lowest BCUT2D eigenvalue weighted by molar-refractivity contribution is 0.661. The molecule has 0 amide bonds. The molecule has 2 heterocycles. The molecule has 79 heavy (non-hydrogen) atoms. The van der Waals surface area contributed by atoms with E-state index in [1.165, 1.54) is 122 Å². The van der Waals surface area contributed by atoms with E-state index in [2.05, 4.69) is 285 Å². The van der Waals surface area contributed by atoms with Gasteiger partial charge in [-0.3, -0.25) is 0 Å². The third kappa shape index (κ3) is 7.39. The fourth-order valence-corrected chi connectivity index (χ4v) is 13.5. The molecule has 0 bridgehead atoms. The van der Waals surface area contributed by atoms with Gasteiger partial charge in [-0.1, -0.05) is 214 Å². The zero-order valence-electron chi connectivity index (χ0n) is 44.2. The smallest absolute Gasteiger partial charge is 0.0544 e. The molecule has 14 aromatic rings. The lowest BCUT2D eigenvalue weighted by Crippen LogP contribution is -2.14. The molecule has 0 spiro atoms. The maximum Gasteiger partial charge on any atom is 0.0544 e. The van der Waals surface area contributed by atoms with Crippen molar-refractivity contribution in [1.82, 2.24) is 9.13 Å². The summed E-state index contributed by atoms with van der Waals surface area (Å²) >= 11 is 6.69. The van der Waals surface area contributed by atoms with E-state index in [9.17, 15) is 0 Å². The van der Waals surface area contributed by atoms with Gasteiger partial charge in [0.2, 0.25) is 0 Å². The first-order valence-corrected chi connectivity index (χ1v) is 27.7. The molecule has 0 unspecified atom stereocenters. The molecule has 2 aromatic heterocycles. The first-order chi connectivity index (χ1) is 38.8. The van der Waals surface area contributed by atoms with Crippen molar-refractivity contribution in [2.24, 2.45) is 0 Å². The third-order valence-corrected chi connectivity index (χ3v) is 17.2. The van der Waals surface area contributed by atoms with Crippen molar-refractivity contribution >= 4 is 55.2 Å². The normalized spacial score (nSPS) is 12.7. The highest BCUT2D eigenvalue weighted by Gasteiger charge is 2.36. The summed E-state index contributed by atoms with van der Waals surface area (Å²) in [4.78, 5) is 0. The predicted molar refractivity (Wildman–Crippen MR) is 335 cm³/mol. The van der Waals surface area contributed by atoms with Crippen molar-refractivity contribution in [1.29, 1.82) is 0 Å². The average molecular weight is 1030 g/mol. The van der Waals surface area contributed by atoms with Gasteiger partial charge < -0.3 is 9.13 Å². The number of hydrogen-bond donors (Lipinski definition) is 0. The summed E-state index contributed by atoms with van der Waals surface area (Å²) in [5.74, 6) is 0. The van der Waals surface area contributed by atoms with Crippen molar-refractivity contribution < 1.29 is 0 Å². The number of benzene rings is 12. The largest absolute Gasteiger partial charge is 0.309 e. The number of halogens is 1. The molecule has 2 nitrogen and oxygen atoms in total. The molecular formula is C76H53ClN2. The van der Waals surface area contributed by atoms with Crippen molar-refractivity contribution in [3.63, 3.8) is 0 Å². The monoisotopic (exact) mass is 1030 g/mol. The van der Waals surface area contributed by atoms with Crippen LogP contribution in [0.1, 0.15) is 30.5 Å². The zero-order chi connectivity index (χ0) is 52.9. The van der Waals surface area contributed by atoms with E-state index < -0.39 is 0 Å². The van der Waals surface area contributed by atoms with Crippen LogP contribution in [0.25, 0.3) is 133 Å². The Bertz CT molecular complexity index is 4700. The Balaban J connectivity index is 0.972. The van der Waals surface area contributed by atoms with Gasteiger partial charge in [0.05, 0.1) is 22.1 Å². The minimum absolute atomic E-state index is 0.172. The highest BCUT2D eigenvalue weighted by molar-refractivity contribution is 6.30. The SMILES string of the molecule is Cc1c(-c2ccccc2)c(-c2ccccc2)c(-c2ccc(-n3c4ccc(-c5ccc6c(c5)c5ccccc5n6-c5ccccc5)cc4c4cc5c(cc43)C(C)(C)c3ccccc3-5)cc2)c(-c2ccc(Cl)cc2)c1-c1ccccc1. The lowest BCUT2D eigenvalue weighted by Gasteiger charge is -2.27. The first kappa shape index (κ1) is 46.8. The molecule has 1 aliphatic rings. The Hall–Kier alpha value is -9.47. The van der Waals surface area contributed by atoms with Crippen molar-refractivity contribution in [2.75, 3.05) is 0 Å². The molecule has 3 heteroatoms. The van der Waals surface area contributed by atoms with E-state index in [4.69, 9.17) is 11.6 Å². The fourth-order valence-electron chi connectivity index (χ4n) is 13.3. The minimum atomic E-state index is -0.172. The summed E-state index contributed by atoms with van der Waals surface area (Å²) in [6.07, 6.45) is 0. The van der Waals surface area contributed by atoms with Crippen LogP contribution < -0.4 is 0 Å². The standard InChI is InChI=1S/C76H53ClN2/c1-48-71(49-20-8-4-9-21-49)73(51-24-12-6-13-25-51)75(74(52-32-38-56(77)39-33-52)72(48)50-22-10-5-11-23-50)53-34-40-58(41-35-53)79-69-43-37-55(45-63(69)64-46-61-59-28-16-18-30-65(59)76(2,3)66(61)47-70(64)79)54-36-42-68-62(44-54)60-29-17-19-31-67(60)78(68)57-26-14-7-15-27-57/h4-47H,1-3H3. The Morgan fingerprint density at radius 1 is 0.291 bits per heavy atom. The second-order valence-electron chi connectivity index (χ2n) is 21.7. The van der Waals surface area contributed by atoms with Crippen LogP contribution in [0.2, 0.25) is 5.02 Å². The third-order valence-electron chi connectivity index (χ3n) is 17.0. The molecule has 374 valence electrons. The second kappa shape index (κ2) is 18.3. The van der Waals surface area contributed by atoms with Crippen LogP contribution in [-0.2, 0) is 5.41 Å². The van der Waals surface area contributed by atoms with Crippen LogP contribution in [0.15, 0.2) is 267 Å². The van der Waals surface area contributed by atoms with E-state index >= 15 is 0 Å². The zero-order valence-corrected chi connectivity index (χ0v) is 44.9. The molecule has 0 saturated carbocycles. The van der Waals surface area contributed by atoms with Crippen LogP contribution in [0, 0.1) is 6.92 Å². The Kier molecular flexibility index (Phi) is 10.9. The molecule has 0 N–H and O–H groups in total. The van der Waals surface area contributed by atoms with Crippen LogP contribution in [0.4, 0.5) is 0 Å². The molecule has 12 aromatic carbocycles. The van der Waals surface area contributed by atoms with Gasteiger partial charge in [0.15, 0.2) is 0 Å². The Morgan fingerprint density at radius 3 is 1.29 bits per heavy atom. The maximum absolute atomic E-state index is 6.69. The number of fused-ring (bicyclic) bond motifs is 9. The molecule has 0 radical (unpaired) electrons. The fraction of sp³-hybridized carbons (Fsp3) is 0.0526. The van der Waals surface area contributed by atoms with Gasteiger partial charge in [-0.25, -0.2) is 0 Å². The molecule has 0 atom stereocenters. The summed E-state index contributed by atoms with van der Waals surface area (Å²) in [5, 5.41) is 5.66. The summed E-state index contributed by atoms with van der Waals surface area (Å²) in [6.45, 7) is 7.06. The summed E-state index contributed by atoms with van der Waals surface area (Å²) < 4.78 is 4.90. The lowest BCUT2D eigenvalue weighted by atomic mass is 9.76. The number of para-hydroxylation sites is 2. The van der Waals surface area contributed by atoms with Gasteiger partial charge >= 0.3 is 0 Å². The molecule has 15 rings (SSSR count). The Labute approximate surface area is 465 Å². The van der Waals surface area contributed by atoms with Crippen molar-refractivity contribution in [3.05, 3.63) is 289 Å². The molecule has 0 saturated heterocycles. The predicted octanol–water partition coefficient (Wildman–Crippen LogP) is 21.2. The first-order valence-electron chi connectivity index (χ1n) is 27.4.